The molecule has 2 aliphatic rings. The highest BCUT2D eigenvalue weighted by Gasteiger charge is 2.28. The van der Waals surface area contributed by atoms with Gasteiger partial charge in [0.2, 0.25) is 0 Å². The lowest BCUT2D eigenvalue weighted by Crippen LogP contribution is -2.45. The van der Waals surface area contributed by atoms with E-state index in [9.17, 15) is 9.59 Å². The molecule has 0 radical (unpaired) electrons. The van der Waals surface area contributed by atoms with Crippen LogP contribution in [0.2, 0.25) is 0 Å². The lowest BCUT2D eigenvalue weighted by atomic mass is 9.99. The SMILES string of the molecule is CNC(=O)c1ccc(N2CCC(N3CCCC(c4nc5ccccc5c(=O)[nH]4)CC3)CC2)cn1. The largest absolute Gasteiger partial charge is 0.370 e. The molecule has 34 heavy (non-hydrogen) atoms. The van der Waals surface area contributed by atoms with Gasteiger partial charge in [-0.2, -0.15) is 0 Å². The van der Waals surface area contributed by atoms with E-state index < -0.39 is 0 Å². The average molecular weight is 461 g/mol. The molecule has 1 amide bonds. The van der Waals surface area contributed by atoms with Gasteiger partial charge < -0.3 is 20.1 Å². The number of benzene rings is 1. The van der Waals surface area contributed by atoms with E-state index in [-0.39, 0.29) is 11.5 Å². The number of carbonyl (C=O) groups excluding carboxylic acids is 1. The van der Waals surface area contributed by atoms with Crippen molar-refractivity contribution in [2.45, 2.75) is 44.1 Å². The van der Waals surface area contributed by atoms with Gasteiger partial charge in [0.05, 0.1) is 22.8 Å². The van der Waals surface area contributed by atoms with Crippen LogP contribution in [0.1, 0.15) is 54.3 Å². The van der Waals surface area contributed by atoms with Gasteiger partial charge in [0, 0.05) is 32.1 Å². The number of para-hydroxylation sites is 1. The molecule has 178 valence electrons. The summed E-state index contributed by atoms with van der Waals surface area (Å²) in [5.74, 6) is 0.980. The molecule has 2 fully saturated rings. The van der Waals surface area contributed by atoms with Crippen LogP contribution in [0.3, 0.4) is 0 Å². The molecule has 0 spiro atoms. The number of carbonyl (C=O) groups is 1. The van der Waals surface area contributed by atoms with Crippen molar-refractivity contribution >= 4 is 22.5 Å². The molecule has 1 unspecified atom stereocenters. The molecule has 2 saturated heterocycles. The third kappa shape index (κ3) is 4.68. The van der Waals surface area contributed by atoms with Crippen molar-refractivity contribution in [1.29, 1.82) is 0 Å². The Kier molecular flexibility index (Phi) is 6.58. The Morgan fingerprint density at radius 2 is 1.85 bits per heavy atom. The van der Waals surface area contributed by atoms with E-state index in [4.69, 9.17) is 4.98 Å². The summed E-state index contributed by atoms with van der Waals surface area (Å²) in [6, 6.07) is 11.9. The van der Waals surface area contributed by atoms with Gasteiger partial charge >= 0.3 is 0 Å². The number of amides is 1. The zero-order chi connectivity index (χ0) is 23.5. The molecule has 2 N–H and O–H groups in total. The van der Waals surface area contributed by atoms with Gasteiger partial charge in [-0.15, -0.1) is 0 Å². The summed E-state index contributed by atoms with van der Waals surface area (Å²) in [6.45, 7) is 4.12. The van der Waals surface area contributed by atoms with Crippen molar-refractivity contribution in [2.24, 2.45) is 0 Å². The lowest BCUT2D eigenvalue weighted by Gasteiger charge is -2.39. The minimum absolute atomic E-state index is 0.0353. The Labute approximate surface area is 199 Å². The van der Waals surface area contributed by atoms with E-state index in [2.05, 4.69) is 25.1 Å². The maximum absolute atomic E-state index is 12.5. The van der Waals surface area contributed by atoms with Crippen LogP contribution in [0.25, 0.3) is 10.9 Å². The summed E-state index contributed by atoms with van der Waals surface area (Å²) in [7, 11) is 1.62. The molecular formula is C26H32N6O2. The van der Waals surface area contributed by atoms with Crippen molar-refractivity contribution in [1.82, 2.24) is 25.2 Å². The van der Waals surface area contributed by atoms with Crippen molar-refractivity contribution < 1.29 is 4.79 Å². The number of anilines is 1. The fourth-order valence-corrected chi connectivity index (χ4v) is 5.38. The second-order valence-electron chi connectivity index (χ2n) is 9.33. The first-order chi connectivity index (χ1) is 16.6. The van der Waals surface area contributed by atoms with E-state index in [0.717, 1.165) is 75.3 Å². The number of hydrogen-bond acceptors (Lipinski definition) is 6. The Balaban J connectivity index is 1.18. The quantitative estimate of drug-likeness (QED) is 0.622. The number of rotatable bonds is 4. The highest BCUT2D eigenvalue weighted by molar-refractivity contribution is 5.92. The van der Waals surface area contributed by atoms with Gasteiger partial charge in [-0.3, -0.25) is 9.59 Å². The standard InChI is InChI=1S/C26H32N6O2/c1-27-26(34)23-9-8-20(17-28-23)32-15-11-19(12-16-32)31-13-4-5-18(10-14-31)24-29-22-7-3-2-6-21(22)25(33)30-24/h2-3,6-9,17-19H,4-5,10-16H2,1H3,(H,27,34)(H,29,30,33). The molecule has 0 aliphatic carbocycles. The smallest absolute Gasteiger partial charge is 0.269 e. The lowest BCUT2D eigenvalue weighted by molar-refractivity contribution is 0.0958. The minimum Gasteiger partial charge on any atom is -0.370 e. The first-order valence-corrected chi connectivity index (χ1v) is 12.3. The van der Waals surface area contributed by atoms with Crippen LogP contribution < -0.4 is 15.8 Å². The first-order valence-electron chi connectivity index (χ1n) is 12.3. The van der Waals surface area contributed by atoms with Crippen molar-refractivity contribution in [3.8, 4) is 0 Å². The Morgan fingerprint density at radius 1 is 1.03 bits per heavy atom. The molecule has 8 nitrogen and oxygen atoms in total. The molecule has 3 aromatic rings. The van der Waals surface area contributed by atoms with Gasteiger partial charge in [-0.25, -0.2) is 9.97 Å². The fourth-order valence-electron chi connectivity index (χ4n) is 5.38. The highest BCUT2D eigenvalue weighted by Crippen LogP contribution is 2.29. The summed E-state index contributed by atoms with van der Waals surface area (Å²) in [4.78, 5) is 41.4. The minimum atomic E-state index is -0.160. The number of aromatic nitrogens is 3. The van der Waals surface area contributed by atoms with Crippen molar-refractivity contribution in [2.75, 3.05) is 38.1 Å². The number of piperidine rings is 1. The summed E-state index contributed by atoms with van der Waals surface area (Å²) in [5.41, 5.74) is 2.27. The summed E-state index contributed by atoms with van der Waals surface area (Å²) >= 11 is 0. The Bertz CT molecular complexity index is 1200. The average Bonchev–Trinajstić information content (AvgIpc) is 3.15. The van der Waals surface area contributed by atoms with Crippen LogP contribution in [-0.2, 0) is 0 Å². The number of fused-ring (bicyclic) bond motifs is 1. The van der Waals surface area contributed by atoms with Crippen LogP contribution in [0.4, 0.5) is 5.69 Å². The Hall–Kier alpha value is -3.26. The third-order valence-corrected chi connectivity index (χ3v) is 7.33. The predicted octanol–water partition coefficient (Wildman–Crippen LogP) is 2.92. The third-order valence-electron chi connectivity index (χ3n) is 7.33. The maximum Gasteiger partial charge on any atom is 0.269 e. The van der Waals surface area contributed by atoms with Gasteiger partial charge in [-0.05, 0) is 69.5 Å². The number of hydrogen-bond donors (Lipinski definition) is 2. The highest BCUT2D eigenvalue weighted by atomic mass is 16.1. The Morgan fingerprint density at radius 3 is 2.62 bits per heavy atom. The molecular weight excluding hydrogens is 428 g/mol. The monoisotopic (exact) mass is 460 g/mol. The second-order valence-corrected chi connectivity index (χ2v) is 9.33. The maximum atomic E-state index is 12.5. The summed E-state index contributed by atoms with van der Waals surface area (Å²) in [5, 5.41) is 3.27. The molecule has 1 aromatic carbocycles. The molecule has 1 atom stereocenters. The van der Waals surface area contributed by atoms with Crippen LogP contribution >= 0.6 is 0 Å². The van der Waals surface area contributed by atoms with E-state index in [1.54, 1.807) is 19.3 Å². The van der Waals surface area contributed by atoms with Crippen LogP contribution in [0, 0.1) is 0 Å². The number of H-pyrrole nitrogens is 1. The number of likely N-dealkylation sites (tertiary alicyclic amines) is 1. The number of pyridine rings is 1. The van der Waals surface area contributed by atoms with Crippen LogP contribution in [0.5, 0.6) is 0 Å². The van der Waals surface area contributed by atoms with Crippen LogP contribution in [-0.4, -0.2) is 65.0 Å². The number of nitrogens with one attached hydrogen (secondary N) is 2. The molecule has 2 aliphatic heterocycles. The zero-order valence-electron chi connectivity index (χ0n) is 19.7. The molecule has 2 aromatic heterocycles. The topological polar surface area (TPSA) is 94.2 Å². The predicted molar refractivity (Wildman–Crippen MR) is 133 cm³/mol. The molecule has 0 saturated carbocycles. The van der Waals surface area contributed by atoms with E-state index in [1.807, 2.05) is 30.3 Å². The number of nitrogens with zero attached hydrogens (tertiary/aromatic N) is 4. The summed E-state index contributed by atoms with van der Waals surface area (Å²) in [6.07, 6.45) is 7.23. The van der Waals surface area contributed by atoms with Gasteiger partial charge in [0.1, 0.15) is 11.5 Å². The van der Waals surface area contributed by atoms with E-state index in [0.29, 0.717) is 23.0 Å². The second kappa shape index (κ2) is 9.93. The number of aromatic amines is 1. The van der Waals surface area contributed by atoms with Gasteiger partial charge in [-0.1, -0.05) is 12.1 Å². The molecule has 8 heteroatoms. The van der Waals surface area contributed by atoms with Gasteiger partial charge in [0.25, 0.3) is 11.5 Å². The molecule has 4 heterocycles. The van der Waals surface area contributed by atoms with Crippen LogP contribution in [0.15, 0.2) is 47.4 Å². The fraction of sp³-hybridized carbons (Fsp3) is 0.462. The molecule has 5 rings (SSSR count). The zero-order valence-corrected chi connectivity index (χ0v) is 19.7. The van der Waals surface area contributed by atoms with E-state index in [1.165, 1.54) is 0 Å². The molecule has 0 bridgehead atoms. The van der Waals surface area contributed by atoms with Crippen molar-refractivity contribution in [3.63, 3.8) is 0 Å². The van der Waals surface area contributed by atoms with Gasteiger partial charge in [0.15, 0.2) is 0 Å². The van der Waals surface area contributed by atoms with E-state index >= 15 is 0 Å². The van der Waals surface area contributed by atoms with Crippen molar-refractivity contribution in [3.05, 3.63) is 64.5 Å². The summed E-state index contributed by atoms with van der Waals surface area (Å²) < 4.78 is 0. The normalized spacial score (nSPS) is 20.3. The first kappa shape index (κ1) is 22.5.